The maximum Gasteiger partial charge on any atom is 0.435 e. The molecule has 0 radical (unpaired) electrons. The van der Waals surface area contributed by atoms with Gasteiger partial charge in [-0.15, -0.1) is 0 Å². The van der Waals surface area contributed by atoms with Crippen molar-refractivity contribution in [3.63, 3.8) is 0 Å². The van der Waals surface area contributed by atoms with E-state index in [1.54, 1.807) is 0 Å². The smallest absolute Gasteiger partial charge is 0.394 e. The third-order valence-electron chi connectivity index (χ3n) is 3.14. The summed E-state index contributed by atoms with van der Waals surface area (Å²) in [5.74, 6) is -0.326. The Morgan fingerprint density at radius 3 is 2.84 bits per heavy atom. The lowest BCUT2D eigenvalue weighted by Crippen LogP contribution is -2.39. The SMILES string of the molecule is O=C(Cn1ccc(C(F)(F)F)n1)N1CCCC1CO. The van der Waals surface area contributed by atoms with Crippen molar-refractivity contribution in [1.29, 1.82) is 0 Å². The van der Waals surface area contributed by atoms with Crippen LogP contribution in [0.4, 0.5) is 13.2 Å². The average molecular weight is 277 g/mol. The molecule has 1 aromatic rings. The summed E-state index contributed by atoms with van der Waals surface area (Å²) >= 11 is 0. The first-order valence-corrected chi connectivity index (χ1v) is 5.93. The zero-order valence-corrected chi connectivity index (χ0v) is 10.1. The van der Waals surface area contributed by atoms with Crippen LogP contribution in [-0.4, -0.2) is 44.9 Å². The van der Waals surface area contributed by atoms with Gasteiger partial charge in [0.15, 0.2) is 5.69 Å². The van der Waals surface area contributed by atoms with Crippen LogP contribution >= 0.6 is 0 Å². The molecule has 2 rings (SSSR count). The first kappa shape index (κ1) is 13.9. The van der Waals surface area contributed by atoms with E-state index in [1.165, 1.54) is 4.90 Å². The number of aromatic nitrogens is 2. The molecule has 2 heterocycles. The number of aliphatic hydroxyl groups is 1. The summed E-state index contributed by atoms with van der Waals surface area (Å²) in [4.78, 5) is 13.4. The van der Waals surface area contributed by atoms with E-state index in [4.69, 9.17) is 5.11 Å². The number of halogens is 3. The van der Waals surface area contributed by atoms with E-state index >= 15 is 0 Å². The van der Waals surface area contributed by atoms with Crippen LogP contribution in [0.3, 0.4) is 0 Å². The molecule has 1 atom stereocenters. The van der Waals surface area contributed by atoms with Crippen LogP contribution in [0.25, 0.3) is 0 Å². The Kier molecular flexibility index (Phi) is 3.79. The Balaban J connectivity index is 2.01. The number of carbonyl (C=O) groups excluding carboxylic acids is 1. The maximum atomic E-state index is 12.4. The highest BCUT2D eigenvalue weighted by atomic mass is 19.4. The van der Waals surface area contributed by atoms with Gasteiger partial charge >= 0.3 is 6.18 Å². The molecule has 1 aliphatic heterocycles. The van der Waals surface area contributed by atoms with Gasteiger partial charge in [-0.3, -0.25) is 9.48 Å². The average Bonchev–Trinajstić information content (AvgIpc) is 2.95. The molecule has 1 unspecified atom stereocenters. The molecule has 5 nitrogen and oxygen atoms in total. The summed E-state index contributed by atoms with van der Waals surface area (Å²) in [5, 5.41) is 12.4. The van der Waals surface area contributed by atoms with Gasteiger partial charge in [-0.05, 0) is 18.9 Å². The molecule has 0 saturated carbocycles. The first-order chi connectivity index (χ1) is 8.91. The fraction of sp³-hybridized carbons (Fsp3) is 0.636. The fourth-order valence-corrected chi connectivity index (χ4v) is 2.18. The van der Waals surface area contributed by atoms with Gasteiger partial charge in [-0.1, -0.05) is 0 Å². The molecule has 19 heavy (non-hydrogen) atoms. The highest BCUT2D eigenvalue weighted by Gasteiger charge is 2.34. The van der Waals surface area contributed by atoms with Gasteiger partial charge in [-0.25, -0.2) is 0 Å². The molecular formula is C11H14F3N3O2. The quantitative estimate of drug-likeness (QED) is 0.892. The first-order valence-electron chi connectivity index (χ1n) is 5.93. The predicted molar refractivity (Wildman–Crippen MR) is 59.0 cm³/mol. The third kappa shape index (κ3) is 3.06. The lowest BCUT2D eigenvalue weighted by Gasteiger charge is -2.22. The minimum atomic E-state index is -4.50. The number of carbonyl (C=O) groups is 1. The van der Waals surface area contributed by atoms with Crippen molar-refractivity contribution < 1.29 is 23.1 Å². The largest absolute Gasteiger partial charge is 0.435 e. The second-order valence-electron chi connectivity index (χ2n) is 4.46. The summed E-state index contributed by atoms with van der Waals surface area (Å²) in [6.07, 6.45) is -1.86. The number of alkyl halides is 3. The number of hydrogen-bond donors (Lipinski definition) is 1. The van der Waals surface area contributed by atoms with Gasteiger partial charge < -0.3 is 10.0 Å². The third-order valence-corrected chi connectivity index (χ3v) is 3.14. The zero-order chi connectivity index (χ0) is 14.0. The standard InChI is InChI=1S/C11H14F3N3O2/c12-11(13,14)9-3-5-16(15-9)6-10(19)17-4-1-2-8(17)7-18/h3,5,8,18H,1-2,4,6-7H2. The molecule has 0 aromatic carbocycles. The van der Waals surface area contributed by atoms with Crippen LogP contribution in [0, 0.1) is 0 Å². The van der Waals surface area contributed by atoms with Gasteiger partial charge in [0.1, 0.15) is 6.54 Å². The minimum Gasteiger partial charge on any atom is -0.394 e. The lowest BCUT2D eigenvalue weighted by atomic mass is 10.2. The number of rotatable bonds is 3. The van der Waals surface area contributed by atoms with Crippen molar-refractivity contribution >= 4 is 5.91 Å². The molecule has 1 saturated heterocycles. The summed E-state index contributed by atoms with van der Waals surface area (Å²) < 4.78 is 38.0. The summed E-state index contributed by atoms with van der Waals surface area (Å²) in [7, 11) is 0. The second kappa shape index (κ2) is 5.20. The molecule has 0 bridgehead atoms. The van der Waals surface area contributed by atoms with E-state index in [1.807, 2.05) is 0 Å². The van der Waals surface area contributed by atoms with Crippen molar-refractivity contribution in [2.24, 2.45) is 0 Å². The van der Waals surface area contributed by atoms with Gasteiger partial charge in [-0.2, -0.15) is 18.3 Å². The van der Waals surface area contributed by atoms with Gasteiger partial charge in [0.25, 0.3) is 0 Å². The number of nitrogens with zero attached hydrogens (tertiary/aromatic N) is 3. The van der Waals surface area contributed by atoms with E-state index in [2.05, 4.69) is 5.10 Å². The molecule has 1 fully saturated rings. The van der Waals surface area contributed by atoms with E-state index in [0.717, 1.165) is 29.8 Å². The van der Waals surface area contributed by atoms with Crippen LogP contribution in [0.15, 0.2) is 12.3 Å². The van der Waals surface area contributed by atoms with Crippen LogP contribution in [0.5, 0.6) is 0 Å². The Morgan fingerprint density at radius 2 is 2.26 bits per heavy atom. The zero-order valence-electron chi connectivity index (χ0n) is 10.1. The summed E-state index contributed by atoms with van der Waals surface area (Å²) in [6.45, 7) is 0.155. The van der Waals surface area contributed by atoms with Crippen LogP contribution in [-0.2, 0) is 17.5 Å². The Labute approximate surface area is 107 Å². The highest BCUT2D eigenvalue weighted by Crippen LogP contribution is 2.27. The Morgan fingerprint density at radius 1 is 1.53 bits per heavy atom. The minimum absolute atomic E-state index is 0.126. The molecule has 1 N–H and O–H groups in total. The monoisotopic (exact) mass is 277 g/mol. The molecule has 1 amide bonds. The van der Waals surface area contributed by atoms with Gasteiger partial charge in [0, 0.05) is 12.7 Å². The van der Waals surface area contributed by atoms with Crippen LogP contribution in [0.2, 0.25) is 0 Å². The molecule has 106 valence electrons. The van der Waals surface area contributed by atoms with Crippen molar-refractivity contribution in [2.75, 3.05) is 13.2 Å². The number of hydrogen-bond acceptors (Lipinski definition) is 3. The molecule has 1 aliphatic rings. The molecule has 1 aromatic heterocycles. The predicted octanol–water partition coefficient (Wildman–Crippen LogP) is 0.885. The topological polar surface area (TPSA) is 58.4 Å². The van der Waals surface area contributed by atoms with E-state index in [0.29, 0.717) is 6.54 Å². The van der Waals surface area contributed by atoms with Crippen molar-refractivity contribution in [3.8, 4) is 0 Å². The highest BCUT2D eigenvalue weighted by molar-refractivity contribution is 5.76. The van der Waals surface area contributed by atoms with Crippen molar-refractivity contribution in [2.45, 2.75) is 31.6 Å². The Hall–Kier alpha value is -1.57. The Bertz CT molecular complexity index is 458. The maximum absolute atomic E-state index is 12.4. The molecular weight excluding hydrogens is 263 g/mol. The van der Waals surface area contributed by atoms with Crippen LogP contribution in [0.1, 0.15) is 18.5 Å². The molecule has 8 heteroatoms. The molecule has 0 spiro atoms. The van der Waals surface area contributed by atoms with Crippen LogP contribution < -0.4 is 0 Å². The van der Waals surface area contributed by atoms with E-state index in [-0.39, 0.29) is 25.1 Å². The lowest BCUT2D eigenvalue weighted by molar-refractivity contribution is -0.142. The van der Waals surface area contributed by atoms with E-state index < -0.39 is 11.9 Å². The number of amides is 1. The summed E-state index contributed by atoms with van der Waals surface area (Å²) in [5.41, 5.74) is -1.01. The number of likely N-dealkylation sites (tertiary alicyclic amines) is 1. The van der Waals surface area contributed by atoms with E-state index in [9.17, 15) is 18.0 Å². The van der Waals surface area contributed by atoms with Crippen molar-refractivity contribution in [1.82, 2.24) is 14.7 Å². The fourth-order valence-electron chi connectivity index (χ4n) is 2.18. The van der Waals surface area contributed by atoms with Gasteiger partial charge in [0.05, 0.1) is 12.6 Å². The second-order valence-corrected chi connectivity index (χ2v) is 4.46. The summed E-state index contributed by atoms with van der Waals surface area (Å²) in [6, 6.07) is 0.603. The molecule has 0 aliphatic carbocycles. The number of aliphatic hydroxyl groups excluding tert-OH is 1. The van der Waals surface area contributed by atoms with Gasteiger partial charge in [0.2, 0.25) is 5.91 Å². The van der Waals surface area contributed by atoms with Crippen molar-refractivity contribution in [3.05, 3.63) is 18.0 Å². The normalized spacial score (nSPS) is 20.0.